The van der Waals surface area contributed by atoms with Crippen LogP contribution in [0.25, 0.3) is 0 Å². The summed E-state index contributed by atoms with van der Waals surface area (Å²) in [7, 11) is 0. The molecule has 0 spiro atoms. The maximum atomic E-state index is 11.0. The summed E-state index contributed by atoms with van der Waals surface area (Å²) in [6.07, 6.45) is 3.34. The number of nitrogens with two attached hydrogens (primary N) is 2. The van der Waals surface area contributed by atoms with E-state index < -0.39 is 5.91 Å². The topological polar surface area (TPSA) is 78.3 Å². The molecular formula is C13H17ClN2O2. The third-order valence-electron chi connectivity index (χ3n) is 3.39. The van der Waals surface area contributed by atoms with Crippen LogP contribution in [0.3, 0.4) is 0 Å². The first-order valence-electron chi connectivity index (χ1n) is 6.08. The van der Waals surface area contributed by atoms with Gasteiger partial charge in [0.05, 0.1) is 5.02 Å². The number of amides is 1. The van der Waals surface area contributed by atoms with Crippen LogP contribution in [-0.2, 0) is 0 Å². The standard InChI is InChI=1S/C13H17ClN2O2/c14-10-6-8(13(16)17)4-5-12(10)18-11-3-1-2-9(11)7-15/h4-6,9,11H,1-3,7,15H2,(H2,16,17). The van der Waals surface area contributed by atoms with Gasteiger partial charge in [0.25, 0.3) is 0 Å². The summed E-state index contributed by atoms with van der Waals surface area (Å²) < 4.78 is 5.88. The van der Waals surface area contributed by atoms with Gasteiger partial charge in [-0.1, -0.05) is 11.6 Å². The van der Waals surface area contributed by atoms with Gasteiger partial charge in [0.1, 0.15) is 11.9 Å². The summed E-state index contributed by atoms with van der Waals surface area (Å²) in [4.78, 5) is 11.0. The lowest BCUT2D eigenvalue weighted by molar-refractivity contribution is 0.1000. The van der Waals surface area contributed by atoms with Gasteiger partial charge in [-0.15, -0.1) is 0 Å². The molecule has 0 heterocycles. The van der Waals surface area contributed by atoms with Crippen LogP contribution in [0, 0.1) is 5.92 Å². The molecule has 1 aromatic rings. The van der Waals surface area contributed by atoms with Crippen LogP contribution in [0.4, 0.5) is 0 Å². The van der Waals surface area contributed by atoms with Crippen molar-refractivity contribution in [1.29, 1.82) is 0 Å². The van der Waals surface area contributed by atoms with Crippen molar-refractivity contribution in [2.45, 2.75) is 25.4 Å². The summed E-state index contributed by atoms with van der Waals surface area (Å²) in [6, 6.07) is 4.84. The molecule has 0 bridgehead atoms. The normalized spacial score (nSPS) is 23.0. The van der Waals surface area contributed by atoms with Crippen LogP contribution in [-0.4, -0.2) is 18.6 Å². The molecule has 0 aliphatic heterocycles. The third kappa shape index (κ3) is 2.76. The van der Waals surface area contributed by atoms with Crippen LogP contribution < -0.4 is 16.2 Å². The number of rotatable bonds is 4. The fourth-order valence-corrected chi connectivity index (χ4v) is 2.57. The van der Waals surface area contributed by atoms with Crippen molar-refractivity contribution in [2.24, 2.45) is 17.4 Å². The highest BCUT2D eigenvalue weighted by molar-refractivity contribution is 6.32. The fraction of sp³-hybridized carbons (Fsp3) is 0.462. The molecule has 2 unspecified atom stereocenters. The minimum Gasteiger partial charge on any atom is -0.489 e. The monoisotopic (exact) mass is 268 g/mol. The van der Waals surface area contributed by atoms with Gasteiger partial charge in [0.15, 0.2) is 0 Å². The van der Waals surface area contributed by atoms with Crippen LogP contribution in [0.2, 0.25) is 5.02 Å². The maximum absolute atomic E-state index is 11.0. The predicted molar refractivity (Wildman–Crippen MR) is 70.8 cm³/mol. The Morgan fingerprint density at radius 1 is 1.44 bits per heavy atom. The highest BCUT2D eigenvalue weighted by Crippen LogP contribution is 2.32. The van der Waals surface area contributed by atoms with Crippen LogP contribution in [0.1, 0.15) is 29.6 Å². The molecule has 18 heavy (non-hydrogen) atoms. The van der Waals surface area contributed by atoms with Crippen LogP contribution >= 0.6 is 11.6 Å². The first-order valence-corrected chi connectivity index (χ1v) is 6.45. The zero-order valence-electron chi connectivity index (χ0n) is 10.1. The van der Waals surface area contributed by atoms with Crippen molar-refractivity contribution >= 4 is 17.5 Å². The zero-order chi connectivity index (χ0) is 13.1. The largest absolute Gasteiger partial charge is 0.489 e. The third-order valence-corrected chi connectivity index (χ3v) is 3.68. The van der Waals surface area contributed by atoms with Crippen molar-refractivity contribution in [1.82, 2.24) is 0 Å². The number of benzene rings is 1. The molecule has 1 saturated carbocycles. The number of hydrogen-bond acceptors (Lipinski definition) is 3. The van der Waals surface area contributed by atoms with E-state index in [1.165, 1.54) is 6.07 Å². The number of carbonyl (C=O) groups excluding carboxylic acids is 1. The second-order valence-electron chi connectivity index (χ2n) is 4.59. The van der Waals surface area contributed by atoms with Gasteiger partial charge >= 0.3 is 0 Å². The molecule has 1 aromatic carbocycles. The average Bonchev–Trinajstić information content (AvgIpc) is 2.78. The summed E-state index contributed by atoms with van der Waals surface area (Å²) in [5.41, 5.74) is 11.3. The number of ether oxygens (including phenoxy) is 1. The summed E-state index contributed by atoms with van der Waals surface area (Å²) >= 11 is 6.08. The molecule has 1 aliphatic rings. The summed E-state index contributed by atoms with van der Waals surface area (Å²) in [5, 5.41) is 0.411. The highest BCUT2D eigenvalue weighted by Gasteiger charge is 2.28. The van der Waals surface area contributed by atoms with E-state index in [4.69, 9.17) is 27.8 Å². The number of carbonyl (C=O) groups is 1. The molecule has 0 aromatic heterocycles. The molecule has 0 radical (unpaired) electrons. The van der Waals surface area contributed by atoms with E-state index in [0.29, 0.717) is 28.8 Å². The van der Waals surface area contributed by atoms with Gasteiger partial charge in [-0.2, -0.15) is 0 Å². The first-order chi connectivity index (χ1) is 8.61. The summed E-state index contributed by atoms with van der Waals surface area (Å²) in [6.45, 7) is 0.627. The first kappa shape index (κ1) is 13.2. The molecule has 2 rings (SSSR count). The molecule has 2 atom stereocenters. The Kier molecular flexibility index (Phi) is 4.09. The number of halogens is 1. The Morgan fingerprint density at radius 2 is 2.22 bits per heavy atom. The van der Waals surface area contributed by atoms with Gasteiger partial charge in [0, 0.05) is 11.5 Å². The lowest BCUT2D eigenvalue weighted by atomic mass is 10.1. The lowest BCUT2D eigenvalue weighted by Crippen LogP contribution is -2.27. The molecule has 1 amide bonds. The SMILES string of the molecule is NCC1CCCC1Oc1ccc(C(N)=O)cc1Cl. The van der Waals surface area contributed by atoms with Crippen molar-refractivity contribution < 1.29 is 9.53 Å². The maximum Gasteiger partial charge on any atom is 0.248 e. The van der Waals surface area contributed by atoms with E-state index in [1.54, 1.807) is 12.1 Å². The molecule has 98 valence electrons. The molecule has 0 saturated heterocycles. The molecule has 4 nitrogen and oxygen atoms in total. The Morgan fingerprint density at radius 3 is 2.83 bits per heavy atom. The predicted octanol–water partition coefficient (Wildman–Crippen LogP) is 1.95. The van der Waals surface area contributed by atoms with E-state index in [9.17, 15) is 4.79 Å². The van der Waals surface area contributed by atoms with E-state index in [-0.39, 0.29) is 6.10 Å². The molecule has 5 heteroatoms. The molecule has 4 N–H and O–H groups in total. The lowest BCUT2D eigenvalue weighted by Gasteiger charge is -2.20. The van der Waals surface area contributed by atoms with Crippen LogP contribution in [0.5, 0.6) is 5.75 Å². The van der Waals surface area contributed by atoms with Crippen molar-refractivity contribution in [2.75, 3.05) is 6.54 Å². The Balaban J connectivity index is 2.12. The van der Waals surface area contributed by atoms with Crippen molar-refractivity contribution in [3.63, 3.8) is 0 Å². The van der Waals surface area contributed by atoms with E-state index in [1.807, 2.05) is 0 Å². The number of primary amides is 1. The van der Waals surface area contributed by atoms with Crippen molar-refractivity contribution in [3.8, 4) is 5.75 Å². The van der Waals surface area contributed by atoms with Gasteiger partial charge in [-0.05, 0) is 44.0 Å². The van der Waals surface area contributed by atoms with Crippen molar-refractivity contribution in [3.05, 3.63) is 28.8 Å². The van der Waals surface area contributed by atoms with Gasteiger partial charge in [-0.3, -0.25) is 4.79 Å². The summed E-state index contributed by atoms with van der Waals surface area (Å²) in [5.74, 6) is 0.480. The minimum absolute atomic E-state index is 0.118. The van der Waals surface area contributed by atoms with Gasteiger partial charge < -0.3 is 16.2 Å². The average molecular weight is 269 g/mol. The van der Waals surface area contributed by atoms with E-state index >= 15 is 0 Å². The fourth-order valence-electron chi connectivity index (χ4n) is 2.34. The molecule has 1 fully saturated rings. The number of hydrogen-bond donors (Lipinski definition) is 2. The highest BCUT2D eigenvalue weighted by atomic mass is 35.5. The zero-order valence-corrected chi connectivity index (χ0v) is 10.8. The second kappa shape index (κ2) is 5.59. The smallest absolute Gasteiger partial charge is 0.248 e. The molecule has 1 aliphatic carbocycles. The van der Waals surface area contributed by atoms with E-state index in [2.05, 4.69) is 0 Å². The second-order valence-corrected chi connectivity index (χ2v) is 5.00. The Bertz CT molecular complexity index is 451. The minimum atomic E-state index is -0.496. The van der Waals surface area contributed by atoms with Gasteiger partial charge in [0.2, 0.25) is 5.91 Å². The quantitative estimate of drug-likeness (QED) is 0.876. The molecular weight excluding hydrogens is 252 g/mol. The van der Waals surface area contributed by atoms with Gasteiger partial charge in [-0.25, -0.2) is 0 Å². The van der Waals surface area contributed by atoms with E-state index in [0.717, 1.165) is 19.3 Å². The Labute approximate surface area is 111 Å². The van der Waals surface area contributed by atoms with Crippen LogP contribution in [0.15, 0.2) is 18.2 Å². The Hall–Kier alpha value is -1.26.